The highest BCUT2D eigenvalue weighted by atomic mass is 28.4. The van der Waals surface area contributed by atoms with E-state index in [0.717, 1.165) is 6.29 Å². The molecule has 4 nitrogen and oxygen atoms in total. The van der Waals surface area contributed by atoms with Crippen molar-refractivity contribution in [1.82, 2.24) is 0 Å². The molecule has 3 atom stereocenters. The second-order valence-electron chi connectivity index (χ2n) is 6.44. The second-order valence-corrected chi connectivity index (χ2v) is 11.2. The first-order valence-electron chi connectivity index (χ1n) is 6.74. The van der Waals surface area contributed by atoms with Crippen LogP contribution in [0.25, 0.3) is 0 Å². The van der Waals surface area contributed by atoms with Crippen molar-refractivity contribution in [3.05, 3.63) is 12.2 Å². The molecule has 0 radical (unpaired) electrons. The monoisotopic (exact) mass is 286 g/mol. The molecule has 1 aliphatic heterocycles. The highest BCUT2D eigenvalue weighted by molar-refractivity contribution is 6.74. The molecule has 5 heteroatoms. The molecule has 0 spiro atoms. The first-order valence-corrected chi connectivity index (χ1v) is 9.65. The third-order valence-electron chi connectivity index (χ3n) is 3.84. The van der Waals surface area contributed by atoms with E-state index in [2.05, 4.69) is 33.9 Å². The molecular weight excluding hydrogens is 260 g/mol. The highest BCUT2D eigenvalue weighted by Crippen LogP contribution is 2.38. The van der Waals surface area contributed by atoms with Crippen LogP contribution < -0.4 is 0 Å². The van der Waals surface area contributed by atoms with Crippen LogP contribution in [0.2, 0.25) is 18.1 Å². The van der Waals surface area contributed by atoms with Gasteiger partial charge in [0, 0.05) is 0 Å². The zero-order chi connectivity index (χ0) is 14.7. The first kappa shape index (κ1) is 16.6. The highest BCUT2D eigenvalue weighted by Gasteiger charge is 2.42. The third kappa shape index (κ3) is 4.52. The summed E-state index contributed by atoms with van der Waals surface area (Å²) in [5.74, 6) is 0. The Bertz CT molecular complexity index is 333. The van der Waals surface area contributed by atoms with Crippen LogP contribution in [0, 0.1) is 0 Å². The Kier molecular flexibility index (Phi) is 5.50. The zero-order valence-electron chi connectivity index (χ0n) is 12.8. The molecular formula is C14H26O4Si. The standard InChI is InChI=1S/C14H26O4Si/c1-11-16-10-13(12(17-11)8-7-9-15)18-19(5,6)14(2,3)4/h7-9,11-13H,10H2,1-6H3/b8-7+/t11-,12+,13-/m1/s1. The van der Waals surface area contributed by atoms with Gasteiger partial charge in [0.1, 0.15) is 12.4 Å². The predicted molar refractivity (Wildman–Crippen MR) is 77.6 cm³/mol. The summed E-state index contributed by atoms with van der Waals surface area (Å²) in [4.78, 5) is 10.5. The minimum absolute atomic E-state index is 0.134. The van der Waals surface area contributed by atoms with Gasteiger partial charge in [-0.3, -0.25) is 4.79 Å². The van der Waals surface area contributed by atoms with Crippen LogP contribution in [-0.4, -0.2) is 39.7 Å². The average Bonchev–Trinajstić information content (AvgIpc) is 2.27. The van der Waals surface area contributed by atoms with Crippen molar-refractivity contribution >= 4 is 14.6 Å². The summed E-state index contributed by atoms with van der Waals surface area (Å²) in [6.45, 7) is 13.3. The van der Waals surface area contributed by atoms with Gasteiger partial charge in [-0.25, -0.2) is 0 Å². The van der Waals surface area contributed by atoms with Gasteiger partial charge in [-0.2, -0.15) is 0 Å². The topological polar surface area (TPSA) is 44.8 Å². The van der Waals surface area contributed by atoms with E-state index in [0.29, 0.717) is 6.61 Å². The SMILES string of the molecule is C[C@@H]1OC[C@@H](O[Si](C)(C)C(C)(C)C)[C@H](/C=C/C=O)O1. The summed E-state index contributed by atoms with van der Waals surface area (Å²) in [5.41, 5.74) is 0. The number of hydrogen-bond donors (Lipinski definition) is 0. The predicted octanol–water partition coefficient (Wildman–Crippen LogP) is 2.89. The molecule has 0 N–H and O–H groups in total. The van der Waals surface area contributed by atoms with E-state index in [-0.39, 0.29) is 23.5 Å². The first-order chi connectivity index (χ1) is 8.67. The van der Waals surface area contributed by atoms with Gasteiger partial charge < -0.3 is 13.9 Å². The van der Waals surface area contributed by atoms with Crippen LogP contribution in [0.4, 0.5) is 0 Å². The van der Waals surface area contributed by atoms with Gasteiger partial charge >= 0.3 is 0 Å². The lowest BCUT2D eigenvalue weighted by molar-refractivity contribution is -0.227. The minimum Gasteiger partial charge on any atom is -0.409 e. The normalized spacial score (nSPS) is 29.7. The second kappa shape index (κ2) is 6.30. The molecule has 19 heavy (non-hydrogen) atoms. The van der Waals surface area contributed by atoms with Crippen molar-refractivity contribution in [1.29, 1.82) is 0 Å². The molecule has 0 aliphatic carbocycles. The van der Waals surface area contributed by atoms with E-state index in [9.17, 15) is 4.79 Å². The molecule has 0 unspecified atom stereocenters. The van der Waals surface area contributed by atoms with E-state index < -0.39 is 8.32 Å². The number of hydrogen-bond acceptors (Lipinski definition) is 4. The molecule has 1 aliphatic rings. The van der Waals surface area contributed by atoms with Crippen molar-refractivity contribution < 1.29 is 18.7 Å². The van der Waals surface area contributed by atoms with Gasteiger partial charge in [0.05, 0.1) is 12.7 Å². The summed E-state index contributed by atoms with van der Waals surface area (Å²) in [6, 6.07) is 0. The molecule has 0 aromatic heterocycles. The number of carbonyl (C=O) groups excluding carboxylic acids is 1. The lowest BCUT2D eigenvalue weighted by atomic mass is 10.2. The Hall–Kier alpha value is -0.493. The fourth-order valence-electron chi connectivity index (χ4n) is 1.65. The van der Waals surface area contributed by atoms with Crippen LogP contribution in [0.5, 0.6) is 0 Å². The molecule has 1 rings (SSSR count). The van der Waals surface area contributed by atoms with Crippen LogP contribution in [0.3, 0.4) is 0 Å². The smallest absolute Gasteiger partial charge is 0.192 e. The molecule has 0 aromatic carbocycles. The van der Waals surface area contributed by atoms with Crippen molar-refractivity contribution in [2.24, 2.45) is 0 Å². The largest absolute Gasteiger partial charge is 0.409 e. The van der Waals surface area contributed by atoms with Gasteiger partial charge in [0.25, 0.3) is 0 Å². The molecule has 0 amide bonds. The summed E-state index contributed by atoms with van der Waals surface area (Å²) in [6.07, 6.45) is 3.35. The minimum atomic E-state index is -1.88. The van der Waals surface area contributed by atoms with Crippen molar-refractivity contribution in [2.75, 3.05) is 6.61 Å². The van der Waals surface area contributed by atoms with E-state index in [1.54, 1.807) is 6.08 Å². The molecule has 1 fully saturated rings. The molecule has 1 saturated heterocycles. The number of carbonyl (C=O) groups is 1. The Labute approximate surface area is 117 Å². The molecule has 0 saturated carbocycles. The number of aldehydes is 1. The van der Waals surface area contributed by atoms with Gasteiger partial charge in [-0.1, -0.05) is 20.8 Å². The van der Waals surface area contributed by atoms with E-state index >= 15 is 0 Å². The van der Waals surface area contributed by atoms with Crippen LogP contribution >= 0.6 is 0 Å². The summed E-state index contributed by atoms with van der Waals surface area (Å²) in [7, 11) is -1.88. The lowest BCUT2D eigenvalue weighted by Gasteiger charge is -2.43. The third-order valence-corrected chi connectivity index (χ3v) is 8.35. The van der Waals surface area contributed by atoms with Crippen LogP contribution in [-0.2, 0) is 18.7 Å². The molecule has 0 aromatic rings. The fourth-order valence-corrected chi connectivity index (χ4v) is 2.97. The van der Waals surface area contributed by atoms with Crippen molar-refractivity contribution in [2.45, 2.75) is 64.3 Å². The maximum atomic E-state index is 10.5. The number of ether oxygens (including phenoxy) is 2. The van der Waals surface area contributed by atoms with Gasteiger partial charge in [-0.15, -0.1) is 0 Å². The average molecular weight is 286 g/mol. The quantitative estimate of drug-likeness (QED) is 0.453. The zero-order valence-corrected chi connectivity index (χ0v) is 13.8. The maximum Gasteiger partial charge on any atom is 0.192 e. The summed E-state index contributed by atoms with van der Waals surface area (Å²) in [5, 5.41) is 0.134. The Morgan fingerprint density at radius 3 is 2.47 bits per heavy atom. The Balaban J connectivity index is 2.78. The molecule has 1 heterocycles. The maximum absolute atomic E-state index is 10.5. The number of allylic oxidation sites excluding steroid dienone is 1. The van der Waals surface area contributed by atoms with Gasteiger partial charge in [-0.05, 0) is 37.2 Å². The van der Waals surface area contributed by atoms with Crippen LogP contribution in [0.15, 0.2) is 12.2 Å². The van der Waals surface area contributed by atoms with Crippen molar-refractivity contribution in [3.63, 3.8) is 0 Å². The summed E-state index contributed by atoms with van der Waals surface area (Å²) < 4.78 is 17.5. The fraction of sp³-hybridized carbons (Fsp3) is 0.786. The van der Waals surface area contributed by atoms with E-state index in [4.69, 9.17) is 13.9 Å². The van der Waals surface area contributed by atoms with Crippen LogP contribution in [0.1, 0.15) is 27.7 Å². The van der Waals surface area contributed by atoms with Crippen molar-refractivity contribution in [3.8, 4) is 0 Å². The Morgan fingerprint density at radius 2 is 1.95 bits per heavy atom. The van der Waals surface area contributed by atoms with E-state index in [1.165, 1.54) is 6.08 Å². The lowest BCUT2D eigenvalue weighted by Crippen LogP contribution is -2.52. The molecule has 110 valence electrons. The van der Waals surface area contributed by atoms with E-state index in [1.807, 2.05) is 6.92 Å². The Morgan fingerprint density at radius 1 is 1.32 bits per heavy atom. The number of rotatable bonds is 4. The molecule has 0 bridgehead atoms. The van der Waals surface area contributed by atoms with Gasteiger partial charge in [0.2, 0.25) is 0 Å². The van der Waals surface area contributed by atoms with Gasteiger partial charge in [0.15, 0.2) is 14.6 Å². The summed E-state index contributed by atoms with van der Waals surface area (Å²) >= 11 is 0.